The first kappa shape index (κ1) is 18.6. The van der Waals surface area contributed by atoms with Crippen molar-refractivity contribution < 1.29 is 22.4 Å². The van der Waals surface area contributed by atoms with E-state index in [1.165, 1.54) is 30.3 Å². The van der Waals surface area contributed by atoms with Crippen LogP contribution in [0.5, 0.6) is 0 Å². The van der Waals surface area contributed by atoms with Gasteiger partial charge in [0.1, 0.15) is 5.82 Å². The fourth-order valence-corrected chi connectivity index (χ4v) is 2.95. The molecule has 0 saturated carbocycles. The molecule has 4 N–H and O–H groups in total. The van der Waals surface area contributed by atoms with E-state index in [1.807, 2.05) is 4.72 Å². The molecule has 0 aliphatic carbocycles. The van der Waals surface area contributed by atoms with E-state index in [1.54, 1.807) is 18.2 Å². The molecule has 132 valence electrons. The van der Waals surface area contributed by atoms with Crippen LogP contribution >= 0.6 is 0 Å². The lowest BCUT2D eigenvalue weighted by Crippen LogP contribution is -2.33. The standard InChI is InChI=1S/C16H16FN3O4S/c17-14-4-2-1-3-12(14)9-19-16(22)11-5-7-13(8-6-11)25(23,24)20-10-15(18)21/h1-8,20H,9-10H2,(H2,18,21)(H,19,22). The van der Waals surface area contributed by atoms with Gasteiger partial charge in [-0.15, -0.1) is 0 Å². The first-order chi connectivity index (χ1) is 11.8. The molecule has 0 atom stereocenters. The van der Waals surface area contributed by atoms with Gasteiger partial charge < -0.3 is 11.1 Å². The molecule has 0 radical (unpaired) electrons. The summed E-state index contributed by atoms with van der Waals surface area (Å²) in [6.45, 7) is -0.515. The fraction of sp³-hybridized carbons (Fsp3) is 0.125. The molecule has 9 heteroatoms. The fourth-order valence-electron chi connectivity index (χ4n) is 1.95. The predicted octanol–water partition coefficient (Wildman–Crippen LogP) is 0.519. The molecule has 0 heterocycles. The topological polar surface area (TPSA) is 118 Å². The second kappa shape index (κ2) is 7.86. The summed E-state index contributed by atoms with van der Waals surface area (Å²) in [7, 11) is -3.89. The molecule has 0 spiro atoms. The molecule has 0 fully saturated rings. The van der Waals surface area contributed by atoms with Crippen LogP contribution in [0.2, 0.25) is 0 Å². The summed E-state index contributed by atoms with van der Waals surface area (Å²) < 4.78 is 39.3. The molecule has 2 rings (SSSR count). The van der Waals surface area contributed by atoms with E-state index in [4.69, 9.17) is 5.73 Å². The van der Waals surface area contributed by atoms with Gasteiger partial charge in [0.05, 0.1) is 11.4 Å². The first-order valence-corrected chi connectivity index (χ1v) is 8.67. The molecule has 0 unspecified atom stereocenters. The van der Waals surface area contributed by atoms with Crippen LogP contribution in [0.3, 0.4) is 0 Å². The smallest absolute Gasteiger partial charge is 0.251 e. The number of hydrogen-bond donors (Lipinski definition) is 3. The molecule has 0 bridgehead atoms. The Morgan fingerprint density at radius 2 is 1.68 bits per heavy atom. The van der Waals surface area contributed by atoms with Gasteiger partial charge in [-0.25, -0.2) is 17.5 Å². The van der Waals surface area contributed by atoms with Crippen molar-refractivity contribution in [1.29, 1.82) is 0 Å². The van der Waals surface area contributed by atoms with E-state index >= 15 is 0 Å². The normalized spacial score (nSPS) is 11.1. The maximum Gasteiger partial charge on any atom is 0.251 e. The lowest BCUT2D eigenvalue weighted by atomic mass is 10.2. The molecule has 2 aromatic carbocycles. The van der Waals surface area contributed by atoms with Crippen LogP contribution in [0, 0.1) is 5.82 Å². The van der Waals surface area contributed by atoms with Gasteiger partial charge in [-0.1, -0.05) is 18.2 Å². The quantitative estimate of drug-likeness (QED) is 0.663. The van der Waals surface area contributed by atoms with Crippen molar-refractivity contribution in [1.82, 2.24) is 10.0 Å². The highest BCUT2D eigenvalue weighted by Crippen LogP contribution is 2.11. The Bertz CT molecular complexity index is 883. The summed E-state index contributed by atoms with van der Waals surface area (Å²) in [5, 5.41) is 2.55. The second-order valence-electron chi connectivity index (χ2n) is 5.09. The van der Waals surface area contributed by atoms with Gasteiger partial charge in [0, 0.05) is 17.7 Å². The van der Waals surface area contributed by atoms with Crippen molar-refractivity contribution in [2.24, 2.45) is 5.73 Å². The van der Waals surface area contributed by atoms with Crippen LogP contribution in [-0.4, -0.2) is 26.8 Å². The monoisotopic (exact) mass is 365 g/mol. The molecule has 2 amide bonds. The number of rotatable bonds is 7. The summed E-state index contributed by atoms with van der Waals surface area (Å²) >= 11 is 0. The van der Waals surface area contributed by atoms with E-state index in [-0.39, 0.29) is 17.0 Å². The maximum absolute atomic E-state index is 13.5. The maximum atomic E-state index is 13.5. The Kier molecular flexibility index (Phi) is 5.84. The number of carbonyl (C=O) groups excluding carboxylic acids is 2. The Balaban J connectivity index is 2.03. The number of benzene rings is 2. The Morgan fingerprint density at radius 3 is 2.28 bits per heavy atom. The van der Waals surface area contributed by atoms with Gasteiger partial charge in [0.25, 0.3) is 5.91 Å². The van der Waals surface area contributed by atoms with Gasteiger partial charge in [-0.2, -0.15) is 0 Å². The number of hydrogen-bond acceptors (Lipinski definition) is 4. The average molecular weight is 365 g/mol. The third-order valence-corrected chi connectivity index (χ3v) is 4.68. The predicted molar refractivity (Wildman–Crippen MR) is 88.4 cm³/mol. The third kappa shape index (κ3) is 5.10. The Morgan fingerprint density at radius 1 is 1.04 bits per heavy atom. The minimum atomic E-state index is -3.89. The Hall–Kier alpha value is -2.78. The molecule has 2 aromatic rings. The zero-order chi connectivity index (χ0) is 18.4. The zero-order valence-corrected chi connectivity index (χ0v) is 13.8. The molecule has 7 nitrogen and oxygen atoms in total. The van der Waals surface area contributed by atoms with E-state index in [2.05, 4.69) is 5.32 Å². The summed E-state index contributed by atoms with van der Waals surface area (Å²) in [4.78, 5) is 22.6. The number of carbonyl (C=O) groups is 2. The molecule has 0 aromatic heterocycles. The van der Waals surface area contributed by atoms with Crippen LogP contribution in [0.1, 0.15) is 15.9 Å². The van der Waals surface area contributed by atoms with Gasteiger partial charge >= 0.3 is 0 Å². The molecular weight excluding hydrogens is 349 g/mol. The summed E-state index contributed by atoms with van der Waals surface area (Å²) in [6, 6.07) is 11.1. The van der Waals surface area contributed by atoms with Crippen molar-refractivity contribution in [3.8, 4) is 0 Å². The lowest BCUT2D eigenvalue weighted by Gasteiger charge is -2.08. The van der Waals surface area contributed by atoms with Crippen molar-refractivity contribution in [2.75, 3.05) is 6.54 Å². The minimum Gasteiger partial charge on any atom is -0.369 e. The van der Waals surface area contributed by atoms with Crippen molar-refractivity contribution >= 4 is 21.8 Å². The number of amides is 2. The molecule has 0 aliphatic heterocycles. The highest BCUT2D eigenvalue weighted by molar-refractivity contribution is 7.89. The number of nitrogens with one attached hydrogen (secondary N) is 2. The highest BCUT2D eigenvalue weighted by Gasteiger charge is 2.15. The largest absolute Gasteiger partial charge is 0.369 e. The Labute approximate surface area is 144 Å². The van der Waals surface area contributed by atoms with Crippen LogP contribution in [0.25, 0.3) is 0 Å². The molecule has 0 aliphatic rings. The molecule has 25 heavy (non-hydrogen) atoms. The summed E-state index contributed by atoms with van der Waals surface area (Å²) in [6.07, 6.45) is 0. The first-order valence-electron chi connectivity index (χ1n) is 7.19. The van der Waals surface area contributed by atoms with Crippen LogP contribution in [0.4, 0.5) is 4.39 Å². The molecular formula is C16H16FN3O4S. The summed E-state index contributed by atoms with van der Waals surface area (Å²) in [5.74, 6) is -1.71. The van der Waals surface area contributed by atoms with E-state index in [0.717, 1.165) is 0 Å². The van der Waals surface area contributed by atoms with Crippen molar-refractivity contribution in [3.05, 3.63) is 65.5 Å². The van der Waals surface area contributed by atoms with E-state index in [0.29, 0.717) is 5.56 Å². The highest BCUT2D eigenvalue weighted by atomic mass is 32.2. The third-order valence-electron chi connectivity index (χ3n) is 3.26. The average Bonchev–Trinajstić information content (AvgIpc) is 2.59. The second-order valence-corrected chi connectivity index (χ2v) is 6.86. The number of primary amides is 1. The number of sulfonamides is 1. The SMILES string of the molecule is NC(=O)CNS(=O)(=O)c1ccc(C(=O)NCc2ccccc2F)cc1. The van der Waals surface area contributed by atoms with Crippen molar-refractivity contribution in [3.63, 3.8) is 0 Å². The zero-order valence-electron chi connectivity index (χ0n) is 13.0. The van der Waals surface area contributed by atoms with E-state index < -0.39 is 34.2 Å². The number of halogens is 1. The van der Waals surface area contributed by atoms with Gasteiger partial charge in [0.15, 0.2) is 0 Å². The van der Waals surface area contributed by atoms with Crippen molar-refractivity contribution in [2.45, 2.75) is 11.4 Å². The van der Waals surface area contributed by atoms with Crippen LogP contribution < -0.4 is 15.8 Å². The van der Waals surface area contributed by atoms with Crippen LogP contribution in [-0.2, 0) is 21.4 Å². The van der Waals surface area contributed by atoms with Gasteiger partial charge in [0.2, 0.25) is 15.9 Å². The van der Waals surface area contributed by atoms with Gasteiger partial charge in [-0.05, 0) is 30.3 Å². The van der Waals surface area contributed by atoms with Gasteiger partial charge in [-0.3, -0.25) is 9.59 Å². The van der Waals surface area contributed by atoms with Crippen LogP contribution in [0.15, 0.2) is 53.4 Å². The number of nitrogens with two attached hydrogens (primary N) is 1. The summed E-state index contributed by atoms with van der Waals surface area (Å²) in [5.41, 5.74) is 5.44. The molecule has 0 saturated heterocycles. The lowest BCUT2D eigenvalue weighted by molar-refractivity contribution is -0.116. The van der Waals surface area contributed by atoms with E-state index in [9.17, 15) is 22.4 Å². The minimum absolute atomic E-state index is 0.00568.